The van der Waals surface area contributed by atoms with Gasteiger partial charge >= 0.3 is 0 Å². The molecule has 7 heteroatoms. The van der Waals surface area contributed by atoms with Crippen LogP contribution < -0.4 is 4.74 Å². The Morgan fingerprint density at radius 1 is 1.20 bits per heavy atom. The second kappa shape index (κ2) is 6.76. The number of piperidine rings is 1. The molecule has 0 aliphatic carbocycles. The maximum Gasteiger partial charge on any atom is 0.274 e. The summed E-state index contributed by atoms with van der Waals surface area (Å²) in [7, 11) is 0. The minimum atomic E-state index is -0.188. The molecule has 2 aromatic rings. The van der Waals surface area contributed by atoms with E-state index in [-0.39, 0.29) is 17.6 Å². The monoisotopic (exact) mass is 340 g/mol. The summed E-state index contributed by atoms with van der Waals surface area (Å²) in [6.07, 6.45) is 10.6. The van der Waals surface area contributed by atoms with Crippen molar-refractivity contribution in [2.45, 2.75) is 31.0 Å². The van der Waals surface area contributed by atoms with Gasteiger partial charge in [-0.3, -0.25) is 14.8 Å². The van der Waals surface area contributed by atoms with E-state index in [9.17, 15) is 4.79 Å². The molecule has 0 aromatic carbocycles. The molecule has 1 atom stereocenters. The number of carbonyl (C=O) groups excluding carboxylic acids is 1. The number of amides is 1. The summed E-state index contributed by atoms with van der Waals surface area (Å²) in [6.45, 7) is 1.90. The van der Waals surface area contributed by atoms with Crippen LogP contribution >= 0.6 is 0 Å². The Labute approximate surface area is 146 Å². The van der Waals surface area contributed by atoms with Gasteiger partial charge in [-0.1, -0.05) is 0 Å². The fourth-order valence-corrected chi connectivity index (χ4v) is 3.52. The molecule has 0 N–H and O–H groups in total. The molecule has 2 fully saturated rings. The second-order valence-electron chi connectivity index (χ2n) is 6.51. The first-order chi connectivity index (χ1) is 12.2. The van der Waals surface area contributed by atoms with Crippen molar-refractivity contribution in [1.29, 1.82) is 0 Å². The lowest BCUT2D eigenvalue weighted by Crippen LogP contribution is -2.46. The van der Waals surface area contributed by atoms with E-state index in [2.05, 4.69) is 15.0 Å². The molecule has 25 heavy (non-hydrogen) atoms. The van der Waals surface area contributed by atoms with E-state index >= 15 is 0 Å². The summed E-state index contributed by atoms with van der Waals surface area (Å²) >= 11 is 0. The molecule has 0 bridgehead atoms. The molecule has 0 saturated carbocycles. The highest BCUT2D eigenvalue weighted by Gasteiger charge is 2.44. The molecule has 1 unspecified atom stereocenters. The van der Waals surface area contributed by atoms with Gasteiger partial charge in [0.15, 0.2) is 0 Å². The van der Waals surface area contributed by atoms with E-state index < -0.39 is 0 Å². The van der Waals surface area contributed by atoms with Gasteiger partial charge in [0.05, 0.1) is 24.6 Å². The first-order valence-electron chi connectivity index (χ1n) is 8.50. The molecule has 1 spiro atoms. The molecule has 7 nitrogen and oxygen atoms in total. The van der Waals surface area contributed by atoms with Crippen molar-refractivity contribution in [2.24, 2.45) is 0 Å². The van der Waals surface area contributed by atoms with Crippen LogP contribution in [-0.4, -0.2) is 57.2 Å². The molecule has 2 aliphatic rings. The molecule has 2 aliphatic heterocycles. The Morgan fingerprint density at radius 2 is 2.04 bits per heavy atom. The standard InChI is InChI=1S/C18H20N4O3/c23-17(16-12-20-6-7-21-16)22-8-3-18(4-9-22)10-15(13-24-18)25-14-2-1-5-19-11-14/h1-2,5-7,11-12,15H,3-4,8-10,13H2. The molecule has 130 valence electrons. The van der Waals surface area contributed by atoms with Gasteiger partial charge in [0, 0.05) is 38.1 Å². The summed E-state index contributed by atoms with van der Waals surface area (Å²) in [5, 5.41) is 0. The van der Waals surface area contributed by atoms with E-state index in [1.54, 1.807) is 24.8 Å². The third-order valence-electron chi connectivity index (χ3n) is 4.86. The van der Waals surface area contributed by atoms with Gasteiger partial charge < -0.3 is 14.4 Å². The van der Waals surface area contributed by atoms with Gasteiger partial charge in [0.2, 0.25) is 0 Å². The van der Waals surface area contributed by atoms with Crippen molar-refractivity contribution in [3.05, 3.63) is 48.8 Å². The minimum absolute atomic E-state index is 0.0337. The van der Waals surface area contributed by atoms with Crippen molar-refractivity contribution in [2.75, 3.05) is 19.7 Å². The van der Waals surface area contributed by atoms with Crippen LogP contribution in [0.25, 0.3) is 0 Å². The molecular weight excluding hydrogens is 320 g/mol. The van der Waals surface area contributed by atoms with Crippen LogP contribution in [-0.2, 0) is 4.74 Å². The fraction of sp³-hybridized carbons (Fsp3) is 0.444. The second-order valence-corrected chi connectivity index (χ2v) is 6.51. The van der Waals surface area contributed by atoms with Crippen LogP contribution in [0.3, 0.4) is 0 Å². The first-order valence-corrected chi connectivity index (χ1v) is 8.50. The molecule has 4 heterocycles. The first kappa shape index (κ1) is 16.0. The molecule has 4 rings (SSSR count). The van der Waals surface area contributed by atoms with Crippen LogP contribution in [0.2, 0.25) is 0 Å². The molecule has 1 amide bonds. The lowest BCUT2D eigenvalue weighted by atomic mass is 9.88. The van der Waals surface area contributed by atoms with Crippen LogP contribution in [0.5, 0.6) is 5.75 Å². The Morgan fingerprint density at radius 3 is 2.76 bits per heavy atom. The van der Waals surface area contributed by atoms with Gasteiger partial charge in [-0.05, 0) is 25.0 Å². The van der Waals surface area contributed by atoms with Gasteiger partial charge in [0.1, 0.15) is 17.5 Å². The number of aromatic nitrogens is 3. The predicted octanol–water partition coefficient (Wildman–Crippen LogP) is 1.71. The third-order valence-corrected chi connectivity index (χ3v) is 4.86. The average Bonchev–Trinajstić information content (AvgIpc) is 3.05. The lowest BCUT2D eigenvalue weighted by Gasteiger charge is -2.38. The minimum Gasteiger partial charge on any atom is -0.486 e. The number of hydrogen-bond acceptors (Lipinski definition) is 6. The van der Waals surface area contributed by atoms with Crippen LogP contribution in [0.4, 0.5) is 0 Å². The van der Waals surface area contributed by atoms with Crippen LogP contribution in [0.1, 0.15) is 29.8 Å². The number of pyridine rings is 1. The zero-order chi connectivity index (χ0) is 17.1. The Kier molecular flexibility index (Phi) is 4.31. The molecule has 2 saturated heterocycles. The molecule has 2 aromatic heterocycles. The highest BCUT2D eigenvalue weighted by molar-refractivity contribution is 5.92. The quantitative estimate of drug-likeness (QED) is 0.847. The van der Waals surface area contributed by atoms with E-state index in [0.29, 0.717) is 25.4 Å². The summed E-state index contributed by atoms with van der Waals surface area (Å²) in [4.78, 5) is 26.4. The highest BCUT2D eigenvalue weighted by Crippen LogP contribution is 2.37. The van der Waals surface area contributed by atoms with Gasteiger partial charge in [0.25, 0.3) is 5.91 Å². The predicted molar refractivity (Wildman–Crippen MR) is 89.1 cm³/mol. The fourth-order valence-electron chi connectivity index (χ4n) is 3.52. The Hall–Kier alpha value is -2.54. The van der Waals surface area contributed by atoms with Crippen molar-refractivity contribution in [3.63, 3.8) is 0 Å². The van der Waals surface area contributed by atoms with Crippen LogP contribution in [0, 0.1) is 0 Å². The Balaban J connectivity index is 1.33. The van der Waals surface area contributed by atoms with Crippen LogP contribution in [0.15, 0.2) is 43.1 Å². The van der Waals surface area contributed by atoms with E-state index in [4.69, 9.17) is 9.47 Å². The number of rotatable bonds is 3. The van der Waals surface area contributed by atoms with E-state index in [1.807, 2.05) is 17.0 Å². The van der Waals surface area contributed by atoms with Gasteiger partial charge in [-0.25, -0.2) is 4.98 Å². The van der Waals surface area contributed by atoms with Gasteiger partial charge in [-0.15, -0.1) is 0 Å². The van der Waals surface area contributed by atoms with Gasteiger partial charge in [-0.2, -0.15) is 0 Å². The smallest absolute Gasteiger partial charge is 0.274 e. The van der Waals surface area contributed by atoms with E-state index in [0.717, 1.165) is 25.0 Å². The van der Waals surface area contributed by atoms with Crippen molar-refractivity contribution < 1.29 is 14.3 Å². The molecule has 0 radical (unpaired) electrons. The summed E-state index contributed by atoms with van der Waals surface area (Å²) in [6, 6.07) is 3.76. The number of hydrogen-bond donors (Lipinski definition) is 0. The normalized spacial score (nSPS) is 22.1. The van der Waals surface area contributed by atoms with Crippen molar-refractivity contribution >= 4 is 5.91 Å². The number of nitrogens with zero attached hydrogens (tertiary/aromatic N) is 4. The summed E-state index contributed by atoms with van der Waals surface area (Å²) in [5.74, 6) is 0.701. The van der Waals surface area contributed by atoms with Crippen molar-refractivity contribution in [3.8, 4) is 5.75 Å². The van der Waals surface area contributed by atoms with E-state index in [1.165, 1.54) is 6.20 Å². The average molecular weight is 340 g/mol. The highest BCUT2D eigenvalue weighted by atomic mass is 16.6. The lowest BCUT2D eigenvalue weighted by molar-refractivity contribution is -0.0396. The Bertz CT molecular complexity index is 718. The topological polar surface area (TPSA) is 77.4 Å². The third kappa shape index (κ3) is 3.46. The summed E-state index contributed by atoms with van der Waals surface area (Å²) < 4.78 is 12.0. The zero-order valence-electron chi connectivity index (χ0n) is 13.9. The largest absolute Gasteiger partial charge is 0.486 e. The molecular formula is C18H20N4O3. The van der Waals surface area contributed by atoms with Crippen molar-refractivity contribution in [1.82, 2.24) is 19.9 Å². The zero-order valence-corrected chi connectivity index (χ0v) is 13.9. The number of likely N-dealkylation sites (tertiary alicyclic amines) is 1. The maximum absolute atomic E-state index is 12.5. The maximum atomic E-state index is 12.5. The number of ether oxygens (including phenoxy) is 2. The summed E-state index contributed by atoms with van der Waals surface area (Å²) in [5.41, 5.74) is 0.204. The SMILES string of the molecule is O=C(c1cnccn1)N1CCC2(CC1)CC(Oc1cccnc1)CO2. The number of carbonyl (C=O) groups is 1.